The highest BCUT2D eigenvalue weighted by Crippen LogP contribution is 2.47. The Hall–Kier alpha value is -3.99. The van der Waals surface area contributed by atoms with Crippen LogP contribution in [0.5, 0.6) is 0 Å². The molecule has 0 aromatic heterocycles. The lowest BCUT2D eigenvalue weighted by atomic mass is 9.72. The van der Waals surface area contributed by atoms with Gasteiger partial charge in [0.25, 0.3) is 0 Å². The van der Waals surface area contributed by atoms with Crippen LogP contribution in [0.1, 0.15) is 99.6 Å². The molecule has 0 bridgehead atoms. The predicted molar refractivity (Wildman–Crippen MR) is 187 cm³/mol. The fourth-order valence-electron chi connectivity index (χ4n) is 7.20. The first-order valence-electron chi connectivity index (χ1n) is 16.7. The van der Waals surface area contributed by atoms with E-state index >= 15 is 4.39 Å². The Morgan fingerprint density at radius 2 is 1.35 bits per heavy atom. The minimum absolute atomic E-state index is 0.0233. The number of nitrogens with zero attached hydrogens (tertiary/aromatic N) is 1. The minimum atomic E-state index is -0.285. The minimum Gasteiger partial charge on any atom is -0.382 e. The van der Waals surface area contributed by atoms with E-state index in [4.69, 9.17) is 0 Å². The molecule has 1 amide bonds. The molecule has 0 spiro atoms. The molecule has 4 aromatic rings. The van der Waals surface area contributed by atoms with Gasteiger partial charge in [0.15, 0.2) is 0 Å². The van der Waals surface area contributed by atoms with Crippen molar-refractivity contribution in [2.45, 2.75) is 79.1 Å². The summed E-state index contributed by atoms with van der Waals surface area (Å²) in [5.41, 5.74) is 7.76. The molecule has 0 radical (unpaired) electrons. The first kappa shape index (κ1) is 33.4. The summed E-state index contributed by atoms with van der Waals surface area (Å²) in [6.45, 7) is 14.0. The molecule has 4 aromatic carbocycles. The van der Waals surface area contributed by atoms with Crippen molar-refractivity contribution in [2.24, 2.45) is 11.3 Å². The van der Waals surface area contributed by atoms with Gasteiger partial charge in [-0.2, -0.15) is 0 Å². The SMILES string of the molecule is CC(=O)N1CCC(C(C)(C)C)c2cc(Cc3ccccc3)cc(F)c21.CC(C)C1CCNc2c(F)cc(Cc3ccccc3)cc21. The average molecular weight is 623 g/mol. The first-order chi connectivity index (χ1) is 21.9. The van der Waals surface area contributed by atoms with Crippen molar-refractivity contribution >= 4 is 17.3 Å². The molecular weight excluding hydrogens is 574 g/mol. The van der Waals surface area contributed by atoms with Crippen LogP contribution in [-0.2, 0) is 17.6 Å². The number of carbonyl (C=O) groups excluding carboxylic acids is 1. The number of nitrogens with one attached hydrogen (secondary N) is 1. The first-order valence-corrected chi connectivity index (χ1v) is 16.7. The van der Waals surface area contributed by atoms with Crippen LogP contribution in [0.4, 0.5) is 20.2 Å². The molecule has 0 saturated heterocycles. The largest absolute Gasteiger partial charge is 0.382 e. The highest BCUT2D eigenvalue weighted by molar-refractivity contribution is 5.93. The topological polar surface area (TPSA) is 32.3 Å². The summed E-state index contributed by atoms with van der Waals surface area (Å²) in [6.07, 6.45) is 3.43. The third-order valence-electron chi connectivity index (χ3n) is 9.51. The van der Waals surface area contributed by atoms with E-state index in [9.17, 15) is 9.18 Å². The third-order valence-corrected chi connectivity index (χ3v) is 9.51. The lowest BCUT2D eigenvalue weighted by Gasteiger charge is -2.40. The van der Waals surface area contributed by atoms with Gasteiger partial charge in [-0.3, -0.25) is 4.79 Å². The zero-order chi connectivity index (χ0) is 33.0. The summed E-state index contributed by atoms with van der Waals surface area (Å²) in [5.74, 6) is 0.742. The fourth-order valence-corrected chi connectivity index (χ4v) is 7.20. The molecule has 2 atom stereocenters. The maximum Gasteiger partial charge on any atom is 0.223 e. The average Bonchev–Trinajstić information content (AvgIpc) is 3.01. The smallest absolute Gasteiger partial charge is 0.223 e. The lowest BCUT2D eigenvalue weighted by Crippen LogP contribution is -2.38. The molecule has 2 aliphatic rings. The van der Waals surface area contributed by atoms with Crippen LogP contribution in [0, 0.1) is 23.0 Å². The number of hydrogen-bond donors (Lipinski definition) is 1. The molecule has 1 N–H and O–H groups in total. The van der Waals surface area contributed by atoms with E-state index < -0.39 is 0 Å². The number of fused-ring (bicyclic) bond motifs is 2. The van der Waals surface area contributed by atoms with Gasteiger partial charge in [0.1, 0.15) is 11.6 Å². The van der Waals surface area contributed by atoms with E-state index in [1.807, 2.05) is 36.4 Å². The fraction of sp³-hybridized carbons (Fsp3) is 0.390. The zero-order valence-electron chi connectivity index (χ0n) is 28.2. The molecule has 2 aliphatic heterocycles. The Kier molecular flexibility index (Phi) is 10.3. The molecular formula is C41H48F2N2O. The summed E-state index contributed by atoms with van der Waals surface area (Å²) in [7, 11) is 0. The Balaban J connectivity index is 0.000000184. The molecule has 2 unspecified atom stereocenters. The molecule has 242 valence electrons. The number of hydrogen-bond acceptors (Lipinski definition) is 2. The van der Waals surface area contributed by atoms with E-state index in [-0.39, 0.29) is 28.9 Å². The van der Waals surface area contributed by atoms with Crippen molar-refractivity contribution in [1.82, 2.24) is 0 Å². The van der Waals surface area contributed by atoms with Gasteiger partial charge in [0.05, 0.1) is 11.4 Å². The van der Waals surface area contributed by atoms with Crippen LogP contribution in [0.15, 0.2) is 84.9 Å². The van der Waals surface area contributed by atoms with E-state index in [0.29, 0.717) is 30.5 Å². The number of carbonyl (C=O) groups is 1. The van der Waals surface area contributed by atoms with Gasteiger partial charge in [0.2, 0.25) is 5.91 Å². The van der Waals surface area contributed by atoms with Gasteiger partial charge in [-0.05, 0) is 94.4 Å². The highest BCUT2D eigenvalue weighted by atomic mass is 19.1. The quantitative estimate of drug-likeness (QED) is 0.240. The number of amides is 1. The van der Waals surface area contributed by atoms with Gasteiger partial charge >= 0.3 is 0 Å². The second-order valence-electron chi connectivity index (χ2n) is 14.3. The molecule has 0 aliphatic carbocycles. The molecule has 2 heterocycles. The predicted octanol–water partition coefficient (Wildman–Crippen LogP) is 10.3. The molecule has 46 heavy (non-hydrogen) atoms. The monoisotopic (exact) mass is 622 g/mol. The number of benzene rings is 4. The summed E-state index contributed by atoms with van der Waals surface area (Å²) in [4.78, 5) is 13.6. The van der Waals surface area contributed by atoms with Crippen LogP contribution in [0.2, 0.25) is 0 Å². The van der Waals surface area contributed by atoms with E-state index in [2.05, 4.69) is 76.3 Å². The maximum atomic E-state index is 15.0. The van der Waals surface area contributed by atoms with Gasteiger partial charge in [-0.15, -0.1) is 0 Å². The van der Waals surface area contributed by atoms with Crippen molar-refractivity contribution in [3.8, 4) is 0 Å². The van der Waals surface area contributed by atoms with Crippen molar-refractivity contribution in [2.75, 3.05) is 23.3 Å². The zero-order valence-corrected chi connectivity index (χ0v) is 28.2. The summed E-state index contributed by atoms with van der Waals surface area (Å²) in [6, 6.07) is 27.9. The van der Waals surface area contributed by atoms with Gasteiger partial charge in [-0.25, -0.2) is 8.78 Å². The van der Waals surface area contributed by atoms with E-state index in [0.717, 1.165) is 59.3 Å². The molecule has 0 saturated carbocycles. The van der Waals surface area contributed by atoms with Gasteiger partial charge < -0.3 is 10.2 Å². The Labute approximate surface area is 274 Å². The van der Waals surface area contributed by atoms with E-state index in [1.54, 1.807) is 17.0 Å². The summed E-state index contributed by atoms with van der Waals surface area (Å²) >= 11 is 0. The molecule has 3 nitrogen and oxygen atoms in total. The molecule has 5 heteroatoms. The maximum absolute atomic E-state index is 15.0. The van der Waals surface area contributed by atoms with Crippen LogP contribution in [-0.4, -0.2) is 19.0 Å². The second kappa shape index (κ2) is 14.2. The Morgan fingerprint density at radius 3 is 1.87 bits per heavy atom. The molecule has 0 fully saturated rings. The number of anilines is 2. The van der Waals surface area contributed by atoms with Crippen molar-refractivity contribution in [1.29, 1.82) is 0 Å². The summed E-state index contributed by atoms with van der Waals surface area (Å²) in [5, 5.41) is 3.23. The standard InChI is InChI=1S/C22H26FNO.C19H22FN/c1-15(25)24-11-10-19(22(2,3)4)18-13-17(14-20(23)21(18)24)12-16-8-6-5-7-9-16;1-13(2)16-8-9-21-19-17(16)11-15(12-18(19)20)10-14-6-4-3-5-7-14/h5-9,13-14,19H,10-12H2,1-4H3;3-7,11-13,16,21H,8-10H2,1-2H3. The van der Waals surface area contributed by atoms with Crippen molar-refractivity contribution < 1.29 is 13.6 Å². The second-order valence-corrected chi connectivity index (χ2v) is 14.3. The normalized spacial score (nSPS) is 17.4. The van der Waals surface area contributed by atoms with Crippen LogP contribution >= 0.6 is 0 Å². The van der Waals surface area contributed by atoms with Crippen LogP contribution < -0.4 is 10.2 Å². The van der Waals surface area contributed by atoms with E-state index in [1.165, 1.54) is 12.5 Å². The van der Waals surface area contributed by atoms with Gasteiger partial charge in [0, 0.05) is 20.0 Å². The highest BCUT2D eigenvalue weighted by Gasteiger charge is 2.36. The summed E-state index contributed by atoms with van der Waals surface area (Å²) < 4.78 is 29.4. The lowest BCUT2D eigenvalue weighted by molar-refractivity contribution is -0.116. The number of halogens is 2. The molecule has 6 rings (SSSR count). The van der Waals surface area contributed by atoms with Crippen molar-refractivity contribution in [3.63, 3.8) is 0 Å². The van der Waals surface area contributed by atoms with Crippen LogP contribution in [0.3, 0.4) is 0 Å². The third kappa shape index (κ3) is 7.68. The van der Waals surface area contributed by atoms with Gasteiger partial charge in [-0.1, -0.05) is 107 Å². The number of rotatable bonds is 5. The van der Waals surface area contributed by atoms with Crippen LogP contribution in [0.25, 0.3) is 0 Å². The van der Waals surface area contributed by atoms with Crippen molar-refractivity contribution in [3.05, 3.63) is 130 Å². The Morgan fingerprint density at radius 1 is 0.804 bits per heavy atom. The Bertz CT molecular complexity index is 1640.